The van der Waals surface area contributed by atoms with Crippen LogP contribution in [0.25, 0.3) is 0 Å². The average molecular weight is 238 g/mol. The fraction of sp³-hybridized carbons (Fsp3) is 0.583. The van der Waals surface area contributed by atoms with Crippen molar-refractivity contribution in [2.75, 3.05) is 39.8 Å². The zero-order valence-electron chi connectivity index (χ0n) is 10.1. The molecule has 1 saturated heterocycles. The standard InChI is InChI=1S/C12H18N2O3/c1-16-12(15)11-3-2-10(17-11)4-7-14-8-5-13-6-9-14/h2-3,13H,4-9H2,1H3. The van der Waals surface area contributed by atoms with Gasteiger partial charge in [-0.2, -0.15) is 0 Å². The highest BCUT2D eigenvalue weighted by molar-refractivity contribution is 5.86. The molecule has 0 saturated carbocycles. The summed E-state index contributed by atoms with van der Waals surface area (Å²) in [4.78, 5) is 13.6. The van der Waals surface area contributed by atoms with Gasteiger partial charge in [-0.1, -0.05) is 0 Å². The van der Waals surface area contributed by atoms with E-state index in [1.54, 1.807) is 6.07 Å². The van der Waals surface area contributed by atoms with E-state index in [1.165, 1.54) is 7.11 Å². The highest BCUT2D eigenvalue weighted by Gasteiger charge is 2.13. The van der Waals surface area contributed by atoms with Crippen molar-refractivity contribution < 1.29 is 13.9 Å². The van der Waals surface area contributed by atoms with E-state index in [1.807, 2.05) is 6.07 Å². The molecule has 5 nitrogen and oxygen atoms in total. The smallest absolute Gasteiger partial charge is 0.373 e. The largest absolute Gasteiger partial charge is 0.463 e. The lowest BCUT2D eigenvalue weighted by Crippen LogP contribution is -2.44. The van der Waals surface area contributed by atoms with Gasteiger partial charge in [0.05, 0.1) is 7.11 Å². The number of piperazine rings is 1. The highest BCUT2D eigenvalue weighted by Crippen LogP contribution is 2.10. The summed E-state index contributed by atoms with van der Waals surface area (Å²) in [6, 6.07) is 3.51. The van der Waals surface area contributed by atoms with Gasteiger partial charge in [-0.15, -0.1) is 0 Å². The van der Waals surface area contributed by atoms with Crippen molar-refractivity contribution in [3.8, 4) is 0 Å². The third-order valence-corrected chi connectivity index (χ3v) is 2.93. The SMILES string of the molecule is COC(=O)c1ccc(CCN2CCNCC2)o1. The van der Waals surface area contributed by atoms with E-state index in [0.29, 0.717) is 0 Å². The maximum Gasteiger partial charge on any atom is 0.373 e. The molecule has 0 amide bonds. The number of nitrogens with one attached hydrogen (secondary N) is 1. The predicted octanol–water partition coefficient (Wildman–Crippen LogP) is 0.514. The Morgan fingerprint density at radius 2 is 2.24 bits per heavy atom. The van der Waals surface area contributed by atoms with Gasteiger partial charge in [-0.25, -0.2) is 4.79 Å². The van der Waals surface area contributed by atoms with Gasteiger partial charge in [-0.3, -0.25) is 0 Å². The normalized spacial score (nSPS) is 17.0. The fourth-order valence-corrected chi connectivity index (χ4v) is 1.93. The van der Waals surface area contributed by atoms with Crippen molar-refractivity contribution in [3.05, 3.63) is 23.7 Å². The number of rotatable bonds is 4. The Bertz CT molecular complexity index is 370. The fourth-order valence-electron chi connectivity index (χ4n) is 1.93. The van der Waals surface area contributed by atoms with Crippen LogP contribution in [0.5, 0.6) is 0 Å². The van der Waals surface area contributed by atoms with E-state index in [2.05, 4.69) is 15.0 Å². The molecule has 0 spiro atoms. The molecule has 0 radical (unpaired) electrons. The Balaban J connectivity index is 1.82. The van der Waals surface area contributed by atoms with Gasteiger partial charge in [0, 0.05) is 39.1 Å². The molecule has 0 unspecified atom stereocenters. The van der Waals surface area contributed by atoms with E-state index in [9.17, 15) is 4.79 Å². The molecule has 2 heterocycles. The number of carbonyl (C=O) groups is 1. The number of hydrogen-bond acceptors (Lipinski definition) is 5. The Hall–Kier alpha value is -1.33. The first-order valence-corrected chi connectivity index (χ1v) is 5.89. The minimum atomic E-state index is -0.418. The van der Waals surface area contributed by atoms with Crippen LogP contribution in [-0.4, -0.2) is 50.7 Å². The maximum absolute atomic E-state index is 11.2. The number of nitrogens with zero attached hydrogens (tertiary/aromatic N) is 1. The van der Waals surface area contributed by atoms with Gasteiger partial charge in [0.2, 0.25) is 5.76 Å². The Labute approximate surface area is 101 Å². The van der Waals surface area contributed by atoms with Crippen molar-refractivity contribution in [1.29, 1.82) is 0 Å². The molecule has 0 atom stereocenters. The third kappa shape index (κ3) is 3.31. The molecule has 1 N–H and O–H groups in total. The molecule has 17 heavy (non-hydrogen) atoms. The second-order valence-corrected chi connectivity index (χ2v) is 4.10. The third-order valence-electron chi connectivity index (χ3n) is 2.93. The summed E-state index contributed by atoms with van der Waals surface area (Å²) in [7, 11) is 1.35. The van der Waals surface area contributed by atoms with Crippen LogP contribution in [0.1, 0.15) is 16.3 Å². The molecule has 1 fully saturated rings. The molecular weight excluding hydrogens is 220 g/mol. The summed E-state index contributed by atoms with van der Waals surface area (Å²) in [5.74, 6) is 0.699. The van der Waals surface area contributed by atoms with Gasteiger partial charge in [0.1, 0.15) is 5.76 Å². The Morgan fingerprint density at radius 3 is 2.94 bits per heavy atom. The summed E-state index contributed by atoms with van der Waals surface area (Å²) in [5, 5.41) is 3.31. The van der Waals surface area contributed by atoms with E-state index in [0.717, 1.165) is 44.9 Å². The second-order valence-electron chi connectivity index (χ2n) is 4.10. The highest BCUT2D eigenvalue weighted by atomic mass is 16.5. The Kier molecular flexibility index (Phi) is 4.17. The molecule has 0 aliphatic carbocycles. The van der Waals surface area contributed by atoms with E-state index in [4.69, 9.17) is 4.42 Å². The van der Waals surface area contributed by atoms with Gasteiger partial charge in [0.15, 0.2) is 0 Å². The van der Waals surface area contributed by atoms with Gasteiger partial charge in [-0.05, 0) is 12.1 Å². The average Bonchev–Trinajstić information content (AvgIpc) is 2.85. The second kappa shape index (κ2) is 5.84. The van der Waals surface area contributed by atoms with E-state index < -0.39 is 5.97 Å². The summed E-state index contributed by atoms with van der Waals surface area (Å²) >= 11 is 0. The lowest BCUT2D eigenvalue weighted by molar-refractivity contribution is 0.0562. The number of hydrogen-bond donors (Lipinski definition) is 1. The lowest BCUT2D eigenvalue weighted by atomic mass is 10.3. The minimum Gasteiger partial charge on any atom is -0.463 e. The quantitative estimate of drug-likeness (QED) is 0.775. The zero-order valence-corrected chi connectivity index (χ0v) is 10.1. The summed E-state index contributed by atoms with van der Waals surface area (Å²) < 4.78 is 10.0. The lowest BCUT2D eigenvalue weighted by Gasteiger charge is -2.26. The van der Waals surface area contributed by atoms with Crippen molar-refractivity contribution in [1.82, 2.24) is 10.2 Å². The van der Waals surface area contributed by atoms with Crippen LogP contribution >= 0.6 is 0 Å². The number of carbonyl (C=O) groups excluding carboxylic acids is 1. The first-order valence-electron chi connectivity index (χ1n) is 5.89. The molecule has 1 aromatic heterocycles. The first-order chi connectivity index (χ1) is 8.29. The van der Waals surface area contributed by atoms with Gasteiger partial charge >= 0.3 is 5.97 Å². The van der Waals surface area contributed by atoms with Crippen LogP contribution in [0.15, 0.2) is 16.5 Å². The summed E-state index contributed by atoms with van der Waals surface area (Å²) in [6.45, 7) is 5.21. The molecule has 94 valence electrons. The molecular formula is C12H18N2O3. The Morgan fingerprint density at radius 1 is 1.47 bits per heavy atom. The summed E-state index contributed by atoms with van der Waals surface area (Å²) in [5.41, 5.74) is 0. The van der Waals surface area contributed by atoms with Crippen molar-refractivity contribution in [2.45, 2.75) is 6.42 Å². The van der Waals surface area contributed by atoms with Crippen molar-refractivity contribution >= 4 is 5.97 Å². The number of methoxy groups -OCH3 is 1. The molecule has 2 rings (SSSR count). The predicted molar refractivity (Wildman–Crippen MR) is 63.1 cm³/mol. The molecule has 0 aromatic carbocycles. The first kappa shape index (κ1) is 12.1. The van der Waals surface area contributed by atoms with Crippen LogP contribution < -0.4 is 5.32 Å². The van der Waals surface area contributed by atoms with Crippen LogP contribution in [-0.2, 0) is 11.2 Å². The topological polar surface area (TPSA) is 54.7 Å². The molecule has 5 heteroatoms. The molecule has 1 aliphatic rings. The molecule has 1 aromatic rings. The van der Waals surface area contributed by atoms with E-state index >= 15 is 0 Å². The van der Waals surface area contributed by atoms with Crippen LogP contribution in [0.4, 0.5) is 0 Å². The minimum absolute atomic E-state index is 0.280. The number of ether oxygens (including phenoxy) is 1. The summed E-state index contributed by atoms with van der Waals surface area (Å²) in [6.07, 6.45) is 0.830. The van der Waals surface area contributed by atoms with Crippen LogP contribution in [0.3, 0.4) is 0 Å². The van der Waals surface area contributed by atoms with Crippen molar-refractivity contribution in [3.63, 3.8) is 0 Å². The maximum atomic E-state index is 11.2. The molecule has 1 aliphatic heterocycles. The van der Waals surface area contributed by atoms with Crippen LogP contribution in [0, 0.1) is 0 Å². The zero-order chi connectivity index (χ0) is 12.1. The van der Waals surface area contributed by atoms with Gasteiger partial charge < -0.3 is 19.4 Å². The monoisotopic (exact) mass is 238 g/mol. The number of furan rings is 1. The molecule has 0 bridgehead atoms. The van der Waals surface area contributed by atoms with Gasteiger partial charge in [0.25, 0.3) is 0 Å². The van der Waals surface area contributed by atoms with E-state index in [-0.39, 0.29) is 5.76 Å². The van der Waals surface area contributed by atoms with Crippen molar-refractivity contribution in [2.24, 2.45) is 0 Å². The number of esters is 1. The van der Waals surface area contributed by atoms with Crippen LogP contribution in [0.2, 0.25) is 0 Å².